The van der Waals surface area contributed by atoms with Gasteiger partial charge in [0.25, 0.3) is 0 Å². The topological polar surface area (TPSA) is 20.3 Å². The lowest BCUT2D eigenvalue weighted by Crippen LogP contribution is -2.47. The lowest BCUT2D eigenvalue weighted by Gasteiger charge is -2.37. The summed E-state index contributed by atoms with van der Waals surface area (Å²) >= 11 is 0. The van der Waals surface area contributed by atoms with Crippen LogP contribution in [0.4, 0.5) is 13.2 Å². The molecule has 0 aliphatic carbocycles. The number of halogens is 3. The minimum Gasteiger partial charge on any atom is -0.300 e. The number of likely N-dealkylation sites (tertiary alicyclic amines) is 1. The summed E-state index contributed by atoms with van der Waals surface area (Å²) in [6, 6.07) is 0.0643. The molecule has 0 bridgehead atoms. The van der Waals surface area contributed by atoms with E-state index in [0.29, 0.717) is 19.5 Å². The molecule has 1 fully saturated rings. The molecule has 2 unspecified atom stereocenters. The Morgan fingerprint density at radius 1 is 1.38 bits per heavy atom. The van der Waals surface area contributed by atoms with Gasteiger partial charge in [-0.15, -0.1) is 0 Å². The SMILES string of the molecule is CC1C(=O)CCN(CCCC(F)(F)F)C1C. The number of piperidine rings is 1. The molecular formula is C11H18F3NO. The second-order valence-electron chi connectivity index (χ2n) is 4.50. The Morgan fingerprint density at radius 2 is 2.00 bits per heavy atom. The van der Waals surface area contributed by atoms with Gasteiger partial charge in [-0.3, -0.25) is 9.69 Å². The van der Waals surface area contributed by atoms with Crippen LogP contribution in [0.15, 0.2) is 0 Å². The largest absolute Gasteiger partial charge is 0.389 e. The van der Waals surface area contributed by atoms with Crippen molar-refractivity contribution in [2.45, 2.75) is 45.3 Å². The lowest BCUT2D eigenvalue weighted by atomic mass is 9.90. The Morgan fingerprint density at radius 3 is 2.56 bits per heavy atom. The molecule has 0 spiro atoms. The van der Waals surface area contributed by atoms with Gasteiger partial charge in [-0.2, -0.15) is 13.2 Å². The van der Waals surface area contributed by atoms with Crippen LogP contribution >= 0.6 is 0 Å². The van der Waals surface area contributed by atoms with E-state index in [4.69, 9.17) is 0 Å². The smallest absolute Gasteiger partial charge is 0.300 e. The number of alkyl halides is 3. The van der Waals surface area contributed by atoms with Crippen molar-refractivity contribution in [2.24, 2.45) is 5.92 Å². The third-order valence-electron chi connectivity index (χ3n) is 3.36. The maximum Gasteiger partial charge on any atom is 0.389 e. The van der Waals surface area contributed by atoms with Gasteiger partial charge in [0.1, 0.15) is 5.78 Å². The van der Waals surface area contributed by atoms with Crippen molar-refractivity contribution in [1.82, 2.24) is 4.90 Å². The van der Waals surface area contributed by atoms with Crippen molar-refractivity contribution in [3.8, 4) is 0 Å². The number of nitrogens with zero attached hydrogens (tertiary/aromatic N) is 1. The molecule has 16 heavy (non-hydrogen) atoms. The van der Waals surface area contributed by atoms with Crippen LogP contribution in [0.25, 0.3) is 0 Å². The molecule has 0 aromatic heterocycles. The highest BCUT2D eigenvalue weighted by molar-refractivity contribution is 5.82. The molecule has 0 amide bonds. The summed E-state index contributed by atoms with van der Waals surface area (Å²) in [7, 11) is 0. The van der Waals surface area contributed by atoms with Crippen molar-refractivity contribution in [3.05, 3.63) is 0 Å². The van der Waals surface area contributed by atoms with Crippen LogP contribution in [0.3, 0.4) is 0 Å². The molecule has 1 heterocycles. The third-order valence-corrected chi connectivity index (χ3v) is 3.36. The number of rotatable bonds is 3. The van der Waals surface area contributed by atoms with Crippen LogP contribution in [0, 0.1) is 5.92 Å². The lowest BCUT2D eigenvalue weighted by molar-refractivity contribution is -0.138. The van der Waals surface area contributed by atoms with Crippen molar-refractivity contribution in [2.75, 3.05) is 13.1 Å². The molecule has 5 heteroatoms. The molecule has 1 aliphatic rings. The second kappa shape index (κ2) is 5.17. The van der Waals surface area contributed by atoms with Gasteiger partial charge in [0.2, 0.25) is 0 Å². The number of carbonyl (C=O) groups is 1. The first-order valence-electron chi connectivity index (χ1n) is 5.65. The van der Waals surface area contributed by atoms with E-state index in [-0.39, 0.29) is 24.2 Å². The first-order chi connectivity index (χ1) is 7.31. The molecule has 2 nitrogen and oxygen atoms in total. The Balaban J connectivity index is 2.35. The molecule has 0 radical (unpaired) electrons. The predicted octanol–water partition coefficient (Wildman–Crippen LogP) is 2.63. The van der Waals surface area contributed by atoms with E-state index >= 15 is 0 Å². The molecule has 2 atom stereocenters. The summed E-state index contributed by atoms with van der Waals surface area (Å²) in [6.07, 6.45) is -4.22. The standard InChI is InChI=1S/C11H18F3NO/c1-8-9(2)15(7-4-10(8)16)6-3-5-11(12,13)14/h8-9H,3-7H2,1-2H3. The summed E-state index contributed by atoms with van der Waals surface area (Å²) < 4.78 is 35.9. The van der Waals surface area contributed by atoms with Gasteiger partial charge in [0.05, 0.1) is 0 Å². The molecule has 0 N–H and O–H groups in total. The normalized spacial score (nSPS) is 28.4. The zero-order valence-corrected chi connectivity index (χ0v) is 9.68. The number of Topliss-reactive ketones (excluding diaryl/α,β-unsaturated/α-hetero) is 1. The highest BCUT2D eigenvalue weighted by atomic mass is 19.4. The first-order valence-corrected chi connectivity index (χ1v) is 5.65. The van der Waals surface area contributed by atoms with E-state index in [1.165, 1.54) is 0 Å². The highest BCUT2D eigenvalue weighted by Crippen LogP contribution is 2.24. The zero-order chi connectivity index (χ0) is 12.3. The van der Waals surface area contributed by atoms with Crippen LogP contribution in [0.1, 0.15) is 33.1 Å². The van der Waals surface area contributed by atoms with Gasteiger partial charge in [0, 0.05) is 31.3 Å². The maximum absolute atomic E-state index is 12.0. The van der Waals surface area contributed by atoms with Crippen molar-refractivity contribution < 1.29 is 18.0 Å². The molecule has 0 saturated carbocycles. The maximum atomic E-state index is 12.0. The fourth-order valence-corrected chi connectivity index (χ4v) is 2.07. The minimum atomic E-state index is -4.07. The monoisotopic (exact) mass is 237 g/mol. The Labute approximate surface area is 93.8 Å². The van der Waals surface area contributed by atoms with Gasteiger partial charge in [-0.25, -0.2) is 0 Å². The molecular weight excluding hydrogens is 219 g/mol. The van der Waals surface area contributed by atoms with Crippen LogP contribution < -0.4 is 0 Å². The van der Waals surface area contributed by atoms with Crippen LogP contribution in [0.5, 0.6) is 0 Å². The number of hydrogen-bond acceptors (Lipinski definition) is 2. The zero-order valence-electron chi connectivity index (χ0n) is 9.68. The minimum absolute atomic E-state index is 0.0559. The van der Waals surface area contributed by atoms with Gasteiger partial charge in [0.15, 0.2) is 0 Å². The Kier molecular flexibility index (Phi) is 4.35. The summed E-state index contributed by atoms with van der Waals surface area (Å²) in [4.78, 5) is 13.4. The second-order valence-corrected chi connectivity index (χ2v) is 4.50. The van der Waals surface area contributed by atoms with E-state index in [2.05, 4.69) is 0 Å². The fourth-order valence-electron chi connectivity index (χ4n) is 2.07. The predicted molar refractivity (Wildman–Crippen MR) is 55.1 cm³/mol. The Bertz CT molecular complexity index is 252. The van der Waals surface area contributed by atoms with Gasteiger partial charge >= 0.3 is 6.18 Å². The van der Waals surface area contributed by atoms with E-state index in [1.807, 2.05) is 18.7 Å². The number of ketones is 1. The molecule has 0 aromatic carbocycles. The van der Waals surface area contributed by atoms with E-state index in [0.717, 1.165) is 0 Å². The van der Waals surface area contributed by atoms with Crippen molar-refractivity contribution >= 4 is 5.78 Å². The molecule has 1 saturated heterocycles. The van der Waals surface area contributed by atoms with E-state index in [9.17, 15) is 18.0 Å². The Hall–Kier alpha value is -0.580. The molecule has 0 aromatic rings. The number of hydrogen-bond donors (Lipinski definition) is 0. The molecule has 1 rings (SSSR count). The average Bonchev–Trinajstić information content (AvgIpc) is 2.16. The summed E-state index contributed by atoms with van der Waals surface area (Å²) in [5.74, 6) is 0.166. The summed E-state index contributed by atoms with van der Waals surface area (Å²) in [6.45, 7) is 4.79. The molecule has 1 aliphatic heterocycles. The highest BCUT2D eigenvalue weighted by Gasteiger charge is 2.32. The quantitative estimate of drug-likeness (QED) is 0.752. The van der Waals surface area contributed by atoms with Gasteiger partial charge in [-0.1, -0.05) is 6.92 Å². The first kappa shape index (κ1) is 13.5. The van der Waals surface area contributed by atoms with Crippen LogP contribution in [0.2, 0.25) is 0 Å². The molecule has 94 valence electrons. The summed E-state index contributed by atoms with van der Waals surface area (Å²) in [5, 5.41) is 0. The number of carbonyl (C=O) groups excluding carboxylic acids is 1. The van der Waals surface area contributed by atoms with Gasteiger partial charge in [-0.05, 0) is 19.9 Å². The van der Waals surface area contributed by atoms with Crippen molar-refractivity contribution in [3.63, 3.8) is 0 Å². The average molecular weight is 237 g/mol. The van der Waals surface area contributed by atoms with Crippen LogP contribution in [-0.4, -0.2) is 36.0 Å². The van der Waals surface area contributed by atoms with Crippen molar-refractivity contribution in [1.29, 1.82) is 0 Å². The van der Waals surface area contributed by atoms with Crippen LogP contribution in [-0.2, 0) is 4.79 Å². The summed E-state index contributed by atoms with van der Waals surface area (Å²) in [5.41, 5.74) is 0. The van der Waals surface area contributed by atoms with E-state index in [1.54, 1.807) is 0 Å². The van der Waals surface area contributed by atoms with E-state index < -0.39 is 12.6 Å². The van der Waals surface area contributed by atoms with Gasteiger partial charge < -0.3 is 0 Å². The third kappa shape index (κ3) is 3.77. The fraction of sp³-hybridized carbons (Fsp3) is 0.909.